The summed E-state index contributed by atoms with van der Waals surface area (Å²) in [4.78, 5) is 22.8. The smallest absolute Gasteiger partial charge is 0.407 e. The van der Waals surface area contributed by atoms with Crippen molar-refractivity contribution in [1.29, 1.82) is 0 Å². The van der Waals surface area contributed by atoms with E-state index in [2.05, 4.69) is 10.1 Å². The predicted octanol–water partition coefficient (Wildman–Crippen LogP) is 1.85. The van der Waals surface area contributed by atoms with Crippen LogP contribution in [0.25, 0.3) is 0 Å². The van der Waals surface area contributed by atoms with E-state index in [-0.39, 0.29) is 17.9 Å². The summed E-state index contributed by atoms with van der Waals surface area (Å²) < 4.78 is 9.84. The molecule has 0 aromatic rings. The molecule has 0 saturated heterocycles. The number of hydrogen-bond acceptors (Lipinski definition) is 4. The first-order valence-corrected chi connectivity index (χ1v) is 5.89. The van der Waals surface area contributed by atoms with Gasteiger partial charge < -0.3 is 14.8 Å². The zero-order valence-corrected chi connectivity index (χ0v) is 10.9. The summed E-state index contributed by atoms with van der Waals surface area (Å²) in [6.45, 7) is 5.45. The van der Waals surface area contributed by atoms with Crippen molar-refractivity contribution in [2.24, 2.45) is 5.92 Å². The standard InChI is InChI=1S/C12H21NO4/c1-12(2,3)17-11(15)13-9-6-5-8(7-9)10(14)16-4/h8-9H,5-7H2,1-4H3,(H,13,15)/t8-,9?/m1/s1. The normalized spacial score (nSPS) is 24.2. The van der Waals surface area contributed by atoms with Crippen molar-refractivity contribution in [2.45, 2.75) is 51.7 Å². The minimum atomic E-state index is -0.496. The summed E-state index contributed by atoms with van der Waals surface area (Å²) in [5.41, 5.74) is -0.496. The highest BCUT2D eigenvalue weighted by Crippen LogP contribution is 2.26. The Morgan fingerprint density at radius 2 is 1.88 bits per heavy atom. The van der Waals surface area contributed by atoms with E-state index in [9.17, 15) is 9.59 Å². The lowest BCUT2D eigenvalue weighted by Gasteiger charge is -2.21. The van der Waals surface area contributed by atoms with E-state index in [4.69, 9.17) is 4.74 Å². The van der Waals surface area contributed by atoms with E-state index in [1.54, 1.807) is 0 Å². The molecule has 0 heterocycles. The molecule has 2 atom stereocenters. The van der Waals surface area contributed by atoms with Gasteiger partial charge in [-0.25, -0.2) is 4.79 Å². The molecule has 0 aromatic heterocycles. The highest BCUT2D eigenvalue weighted by Gasteiger charge is 2.32. The molecule has 1 rings (SSSR count). The molecule has 0 aliphatic heterocycles. The van der Waals surface area contributed by atoms with Crippen LogP contribution in [0.3, 0.4) is 0 Å². The third kappa shape index (κ3) is 4.63. The Hall–Kier alpha value is -1.26. The molecule has 1 unspecified atom stereocenters. The predicted molar refractivity (Wildman–Crippen MR) is 62.5 cm³/mol. The fraction of sp³-hybridized carbons (Fsp3) is 0.833. The molecule has 1 amide bonds. The van der Waals surface area contributed by atoms with Gasteiger partial charge >= 0.3 is 12.1 Å². The average molecular weight is 243 g/mol. The lowest BCUT2D eigenvalue weighted by atomic mass is 10.1. The van der Waals surface area contributed by atoms with Crippen molar-refractivity contribution in [2.75, 3.05) is 7.11 Å². The van der Waals surface area contributed by atoms with Crippen LogP contribution in [0.1, 0.15) is 40.0 Å². The van der Waals surface area contributed by atoms with Crippen LogP contribution in [0.5, 0.6) is 0 Å². The van der Waals surface area contributed by atoms with Gasteiger partial charge in [-0.15, -0.1) is 0 Å². The lowest BCUT2D eigenvalue weighted by Crippen LogP contribution is -2.38. The van der Waals surface area contributed by atoms with Crippen molar-refractivity contribution < 1.29 is 19.1 Å². The molecule has 5 heteroatoms. The van der Waals surface area contributed by atoms with E-state index < -0.39 is 11.7 Å². The average Bonchev–Trinajstić information content (AvgIpc) is 2.62. The van der Waals surface area contributed by atoms with Crippen molar-refractivity contribution in [3.8, 4) is 0 Å². The molecule has 1 aliphatic carbocycles. The quantitative estimate of drug-likeness (QED) is 0.752. The number of hydrogen-bond donors (Lipinski definition) is 1. The molecular formula is C12H21NO4. The summed E-state index contributed by atoms with van der Waals surface area (Å²) in [7, 11) is 1.39. The first kappa shape index (κ1) is 13.8. The van der Waals surface area contributed by atoms with Crippen molar-refractivity contribution >= 4 is 12.1 Å². The topological polar surface area (TPSA) is 64.6 Å². The molecule has 1 fully saturated rings. The van der Waals surface area contributed by atoms with Gasteiger partial charge in [0.2, 0.25) is 0 Å². The molecule has 1 saturated carbocycles. The number of alkyl carbamates (subject to hydrolysis) is 1. The molecule has 0 radical (unpaired) electrons. The zero-order valence-electron chi connectivity index (χ0n) is 10.9. The van der Waals surface area contributed by atoms with Crippen molar-refractivity contribution in [3.05, 3.63) is 0 Å². The third-order valence-corrected chi connectivity index (χ3v) is 2.69. The zero-order chi connectivity index (χ0) is 13.1. The van der Waals surface area contributed by atoms with Crippen LogP contribution in [0.2, 0.25) is 0 Å². The van der Waals surface area contributed by atoms with Crippen LogP contribution in [0.15, 0.2) is 0 Å². The van der Waals surface area contributed by atoms with Gasteiger partial charge in [-0.1, -0.05) is 0 Å². The van der Waals surface area contributed by atoms with Crippen LogP contribution in [-0.4, -0.2) is 30.8 Å². The van der Waals surface area contributed by atoms with E-state index in [1.807, 2.05) is 20.8 Å². The molecule has 17 heavy (non-hydrogen) atoms. The van der Waals surface area contributed by atoms with Gasteiger partial charge in [-0.05, 0) is 40.0 Å². The van der Waals surface area contributed by atoms with E-state index in [1.165, 1.54) is 7.11 Å². The number of ether oxygens (including phenoxy) is 2. The SMILES string of the molecule is COC(=O)[C@@H]1CCC(NC(=O)OC(C)(C)C)C1. The molecular weight excluding hydrogens is 222 g/mol. The van der Waals surface area contributed by atoms with Crippen LogP contribution >= 0.6 is 0 Å². The minimum Gasteiger partial charge on any atom is -0.469 e. The maximum atomic E-state index is 11.5. The van der Waals surface area contributed by atoms with Gasteiger partial charge in [0.1, 0.15) is 5.60 Å². The Kier molecular flexibility index (Phi) is 4.37. The number of rotatable bonds is 2. The number of carbonyl (C=O) groups is 2. The summed E-state index contributed by atoms with van der Waals surface area (Å²) in [6, 6.07) is 0.00829. The monoisotopic (exact) mass is 243 g/mol. The second-order valence-electron chi connectivity index (χ2n) is 5.38. The summed E-state index contributed by atoms with van der Waals surface area (Å²) in [6.07, 6.45) is 1.76. The summed E-state index contributed by atoms with van der Waals surface area (Å²) >= 11 is 0. The van der Waals surface area contributed by atoms with Gasteiger partial charge in [-0.3, -0.25) is 4.79 Å². The molecule has 0 aromatic carbocycles. The molecule has 5 nitrogen and oxygen atoms in total. The van der Waals surface area contributed by atoms with Crippen LogP contribution in [0.4, 0.5) is 4.79 Å². The minimum absolute atomic E-state index is 0.00829. The number of nitrogens with one attached hydrogen (secondary N) is 1. The van der Waals surface area contributed by atoms with Gasteiger partial charge in [0, 0.05) is 6.04 Å². The second kappa shape index (κ2) is 5.38. The Balaban J connectivity index is 2.35. The molecule has 98 valence electrons. The van der Waals surface area contributed by atoms with E-state index in [0.717, 1.165) is 12.8 Å². The maximum Gasteiger partial charge on any atom is 0.407 e. The Morgan fingerprint density at radius 3 is 2.41 bits per heavy atom. The fourth-order valence-electron chi connectivity index (χ4n) is 1.97. The number of carbonyl (C=O) groups excluding carboxylic acids is 2. The van der Waals surface area contributed by atoms with Gasteiger partial charge in [0.15, 0.2) is 0 Å². The molecule has 0 bridgehead atoms. The highest BCUT2D eigenvalue weighted by atomic mass is 16.6. The van der Waals surface area contributed by atoms with Gasteiger partial charge in [0.25, 0.3) is 0 Å². The number of methoxy groups -OCH3 is 1. The molecule has 0 spiro atoms. The highest BCUT2D eigenvalue weighted by molar-refractivity contribution is 5.73. The Labute approximate surface area is 102 Å². The summed E-state index contributed by atoms with van der Waals surface area (Å²) in [5.74, 6) is -0.293. The number of amides is 1. The molecule has 1 N–H and O–H groups in total. The molecule has 1 aliphatic rings. The fourth-order valence-corrected chi connectivity index (χ4v) is 1.97. The maximum absolute atomic E-state index is 11.5. The summed E-state index contributed by atoms with van der Waals surface area (Å²) in [5, 5.41) is 2.78. The van der Waals surface area contributed by atoms with Crippen molar-refractivity contribution in [1.82, 2.24) is 5.32 Å². The van der Waals surface area contributed by atoms with Crippen LogP contribution in [-0.2, 0) is 14.3 Å². The number of esters is 1. The third-order valence-electron chi connectivity index (χ3n) is 2.69. The van der Waals surface area contributed by atoms with Crippen LogP contribution < -0.4 is 5.32 Å². The Bertz CT molecular complexity index is 295. The van der Waals surface area contributed by atoms with Crippen molar-refractivity contribution in [3.63, 3.8) is 0 Å². The van der Waals surface area contributed by atoms with Gasteiger partial charge in [-0.2, -0.15) is 0 Å². The first-order chi connectivity index (χ1) is 7.81. The van der Waals surface area contributed by atoms with E-state index >= 15 is 0 Å². The van der Waals surface area contributed by atoms with Crippen LogP contribution in [0, 0.1) is 5.92 Å². The van der Waals surface area contributed by atoms with Gasteiger partial charge in [0.05, 0.1) is 13.0 Å². The lowest BCUT2D eigenvalue weighted by molar-refractivity contribution is -0.145. The van der Waals surface area contributed by atoms with E-state index in [0.29, 0.717) is 6.42 Å². The Morgan fingerprint density at radius 1 is 1.24 bits per heavy atom. The largest absolute Gasteiger partial charge is 0.469 e. The second-order valence-corrected chi connectivity index (χ2v) is 5.38. The first-order valence-electron chi connectivity index (χ1n) is 5.89.